The Hall–Kier alpha value is -3.94. The van der Waals surface area contributed by atoms with E-state index < -0.39 is 86.1 Å². The summed E-state index contributed by atoms with van der Waals surface area (Å²) in [6.07, 6.45) is 3.29. The Morgan fingerprint density at radius 3 is 2.51 bits per heavy atom. The summed E-state index contributed by atoms with van der Waals surface area (Å²) in [5.74, 6) is -2.57. The largest absolute Gasteiger partial charge is 0.444 e. The van der Waals surface area contributed by atoms with E-state index in [9.17, 15) is 32.4 Å². The van der Waals surface area contributed by atoms with Crippen molar-refractivity contribution in [3.63, 3.8) is 0 Å². The predicted octanol–water partition coefficient (Wildman–Crippen LogP) is 4.12. The molecule has 6 rings (SSSR count). The molecule has 2 saturated carbocycles. The number of amides is 4. The van der Waals surface area contributed by atoms with Crippen molar-refractivity contribution < 1.29 is 41.9 Å². The number of aryl methyl sites for hydroxylation is 1. The molecule has 4 bridgehead atoms. The second-order valence-electron chi connectivity index (χ2n) is 15.9. The van der Waals surface area contributed by atoms with Gasteiger partial charge in [-0.15, -0.1) is 6.58 Å². The maximum absolute atomic E-state index is 14.3. The van der Waals surface area contributed by atoms with E-state index >= 15 is 0 Å². The fourth-order valence-corrected chi connectivity index (χ4v) is 9.21. The molecule has 0 aromatic heterocycles. The predicted molar refractivity (Wildman–Crippen MR) is 186 cm³/mol. The molecule has 1 aromatic rings. The lowest BCUT2D eigenvalue weighted by molar-refractivity contribution is -0.141. The molecular weight excluding hydrogens is 676 g/mol. The zero-order valence-electron chi connectivity index (χ0n) is 29.9. The van der Waals surface area contributed by atoms with E-state index in [4.69, 9.17) is 9.47 Å². The van der Waals surface area contributed by atoms with Crippen molar-refractivity contribution in [1.29, 1.82) is 0 Å². The van der Waals surface area contributed by atoms with Gasteiger partial charge in [0.1, 0.15) is 17.7 Å². The lowest BCUT2D eigenvalue weighted by Gasteiger charge is -2.32. The van der Waals surface area contributed by atoms with Crippen LogP contribution in [0.4, 0.5) is 9.59 Å². The van der Waals surface area contributed by atoms with E-state index in [1.807, 2.05) is 26.0 Å². The van der Waals surface area contributed by atoms with E-state index in [0.717, 1.165) is 36.0 Å². The molecule has 51 heavy (non-hydrogen) atoms. The molecular formula is C37H50N4O9S. The highest BCUT2D eigenvalue weighted by atomic mass is 32.2. The molecule has 2 aliphatic carbocycles. The first kappa shape index (κ1) is 36.8. The SMILES string of the molecule is C=C[C@@H]1C[C@]1(CC(=O)[C@@H]1C[C@@H]2CN1C(=O)[C@H](C(C)C)NC(=O)OC(C)(C)CCCCc1cccc3c1CN(C3)C(=O)O2)C(=O)NS(=O)(=O)C1CC1. The van der Waals surface area contributed by atoms with Crippen LogP contribution in [0.15, 0.2) is 30.9 Å². The van der Waals surface area contributed by atoms with Crippen LogP contribution in [0.25, 0.3) is 0 Å². The number of ether oxygens (including phenoxy) is 2. The molecule has 3 fully saturated rings. The second-order valence-corrected chi connectivity index (χ2v) is 17.9. The smallest absolute Gasteiger partial charge is 0.410 e. The molecule has 5 aliphatic rings. The summed E-state index contributed by atoms with van der Waals surface area (Å²) in [6, 6.07) is 3.90. The number of hydrogen-bond donors (Lipinski definition) is 2. The number of hydrogen-bond acceptors (Lipinski definition) is 9. The maximum Gasteiger partial charge on any atom is 0.410 e. The number of alkyl carbamates (subject to hydrolysis) is 1. The molecule has 0 unspecified atom stereocenters. The van der Waals surface area contributed by atoms with E-state index in [1.54, 1.807) is 24.8 Å². The molecule has 278 valence electrons. The monoisotopic (exact) mass is 726 g/mol. The molecule has 1 aromatic carbocycles. The second kappa shape index (κ2) is 13.9. The Bertz CT molecular complexity index is 1720. The molecule has 13 nitrogen and oxygen atoms in total. The van der Waals surface area contributed by atoms with Crippen molar-refractivity contribution in [2.24, 2.45) is 17.3 Å². The van der Waals surface area contributed by atoms with Crippen molar-refractivity contribution >= 4 is 39.8 Å². The number of Topliss-reactive ketones (excluding diaryl/α,β-unsaturated/α-hetero) is 1. The standard InChI is InChI=1S/C37H50N4O9S/c1-6-25-17-37(25,33(44)39-51(47,48)27-13-14-27)18-30(42)29-16-26-20-41(29)32(43)31(22(2)3)38-34(45)50-36(4,5)15-8-7-10-23-11-9-12-24-19-40(21-28(23)24)35(46)49-26/h6,9,11-12,22,25-27,29,31H,1,7-8,10,13-21H2,2-5H3,(H,38,45)(H,39,44)/t25-,26-,29+,31+,37-/m1/s1. The third kappa shape index (κ3) is 7.80. The molecule has 0 radical (unpaired) electrons. The summed E-state index contributed by atoms with van der Waals surface area (Å²) in [6.45, 7) is 11.7. The summed E-state index contributed by atoms with van der Waals surface area (Å²) >= 11 is 0. The topological polar surface area (TPSA) is 168 Å². The fourth-order valence-electron chi connectivity index (χ4n) is 7.83. The molecule has 14 heteroatoms. The van der Waals surface area contributed by atoms with Crippen LogP contribution in [-0.2, 0) is 53.4 Å². The van der Waals surface area contributed by atoms with Crippen LogP contribution in [-0.4, -0.2) is 83.6 Å². The van der Waals surface area contributed by atoms with Gasteiger partial charge < -0.3 is 19.7 Å². The van der Waals surface area contributed by atoms with Gasteiger partial charge >= 0.3 is 12.2 Å². The van der Waals surface area contributed by atoms with Gasteiger partial charge in [0.15, 0.2) is 5.78 Å². The van der Waals surface area contributed by atoms with E-state index in [2.05, 4.69) is 22.7 Å². The number of benzene rings is 1. The summed E-state index contributed by atoms with van der Waals surface area (Å²) in [4.78, 5) is 71.8. The number of fused-ring (bicyclic) bond motifs is 3. The van der Waals surface area contributed by atoms with E-state index in [-0.39, 0.29) is 25.8 Å². The lowest BCUT2D eigenvalue weighted by atomic mass is 9.91. The van der Waals surface area contributed by atoms with Crippen LogP contribution in [0.1, 0.15) is 95.8 Å². The highest BCUT2D eigenvalue weighted by Gasteiger charge is 2.61. The average molecular weight is 727 g/mol. The number of allylic oxidation sites excluding steroid dienone is 1. The summed E-state index contributed by atoms with van der Waals surface area (Å²) < 4.78 is 39.3. The fraction of sp³-hybridized carbons (Fsp3) is 0.649. The maximum atomic E-state index is 14.3. The summed E-state index contributed by atoms with van der Waals surface area (Å²) in [5, 5.41) is 2.11. The number of nitrogens with zero attached hydrogens (tertiary/aromatic N) is 2. The minimum atomic E-state index is -3.86. The quantitative estimate of drug-likeness (QED) is 0.375. The molecule has 3 heterocycles. The molecule has 5 atom stereocenters. The third-order valence-electron chi connectivity index (χ3n) is 11.1. The van der Waals surface area contributed by atoms with Gasteiger partial charge in [-0.1, -0.05) is 38.1 Å². The first-order valence-electron chi connectivity index (χ1n) is 18.1. The van der Waals surface area contributed by atoms with Crippen LogP contribution < -0.4 is 10.0 Å². The first-order valence-corrected chi connectivity index (χ1v) is 19.6. The molecule has 4 amide bonds. The molecule has 0 spiro atoms. The Morgan fingerprint density at radius 2 is 1.84 bits per heavy atom. The Kier molecular flexibility index (Phi) is 10.0. The van der Waals surface area contributed by atoms with Crippen LogP contribution in [0.3, 0.4) is 0 Å². The number of nitrogens with one attached hydrogen (secondary N) is 2. The van der Waals surface area contributed by atoms with Gasteiger partial charge in [-0.3, -0.25) is 24.0 Å². The van der Waals surface area contributed by atoms with Crippen molar-refractivity contribution in [3.8, 4) is 0 Å². The molecule has 3 aliphatic heterocycles. The van der Waals surface area contributed by atoms with Crippen molar-refractivity contribution in [2.45, 2.75) is 128 Å². The number of ketones is 1. The highest BCUT2D eigenvalue weighted by Crippen LogP contribution is 2.57. The van der Waals surface area contributed by atoms with Gasteiger partial charge in [-0.2, -0.15) is 0 Å². The zero-order chi connectivity index (χ0) is 36.9. The minimum Gasteiger partial charge on any atom is -0.444 e. The van der Waals surface area contributed by atoms with Crippen LogP contribution in [0.5, 0.6) is 0 Å². The first-order chi connectivity index (χ1) is 24.0. The Morgan fingerprint density at radius 1 is 1.12 bits per heavy atom. The van der Waals surface area contributed by atoms with Crippen molar-refractivity contribution in [3.05, 3.63) is 47.5 Å². The van der Waals surface area contributed by atoms with Crippen molar-refractivity contribution in [2.75, 3.05) is 6.54 Å². The lowest BCUT2D eigenvalue weighted by Crippen LogP contribution is -2.55. The number of sulfonamides is 1. The van der Waals surface area contributed by atoms with Crippen LogP contribution in [0, 0.1) is 17.3 Å². The molecule has 1 saturated heterocycles. The molecule has 2 N–H and O–H groups in total. The van der Waals surface area contributed by atoms with Crippen LogP contribution in [0.2, 0.25) is 0 Å². The van der Waals surface area contributed by atoms with Gasteiger partial charge in [-0.05, 0) is 87.3 Å². The Balaban J connectivity index is 1.27. The number of carbonyl (C=O) groups excluding carboxylic acids is 5. The van der Waals surface area contributed by atoms with E-state index in [0.29, 0.717) is 32.4 Å². The zero-order valence-corrected chi connectivity index (χ0v) is 30.8. The van der Waals surface area contributed by atoms with Gasteiger partial charge in [0.25, 0.3) is 0 Å². The van der Waals surface area contributed by atoms with Gasteiger partial charge in [0.2, 0.25) is 21.8 Å². The third-order valence-corrected chi connectivity index (χ3v) is 13.0. The highest BCUT2D eigenvalue weighted by molar-refractivity contribution is 7.90. The normalized spacial score (nSPS) is 29.6. The number of cyclic esters (lactones) is 1. The Labute approximate surface area is 299 Å². The van der Waals surface area contributed by atoms with E-state index in [1.165, 1.54) is 4.90 Å². The van der Waals surface area contributed by atoms with Gasteiger partial charge in [-0.25, -0.2) is 18.0 Å². The average Bonchev–Trinajstić information content (AvgIpc) is 3.95. The minimum absolute atomic E-state index is 0.0124. The summed E-state index contributed by atoms with van der Waals surface area (Å²) in [5.41, 5.74) is 1.16. The number of carbonyl (C=O) groups is 5. The van der Waals surface area contributed by atoms with Gasteiger partial charge in [0, 0.05) is 25.9 Å². The summed E-state index contributed by atoms with van der Waals surface area (Å²) in [7, 11) is -3.86. The van der Waals surface area contributed by atoms with Crippen molar-refractivity contribution in [1.82, 2.24) is 19.8 Å². The van der Waals surface area contributed by atoms with Crippen LogP contribution >= 0.6 is 0 Å². The number of rotatable bonds is 8. The van der Waals surface area contributed by atoms with Gasteiger partial charge in [0.05, 0.1) is 23.3 Å².